The molecule has 3 heteroatoms. The van der Waals surface area contributed by atoms with E-state index in [-0.39, 0.29) is 5.78 Å². The lowest BCUT2D eigenvalue weighted by atomic mass is 10.1. The van der Waals surface area contributed by atoms with Crippen LogP contribution in [0.1, 0.15) is 29.6 Å². The van der Waals surface area contributed by atoms with E-state index in [1.165, 1.54) is 0 Å². The molecule has 1 aromatic carbocycles. The van der Waals surface area contributed by atoms with Crippen molar-refractivity contribution in [3.8, 4) is 0 Å². The lowest BCUT2D eigenvalue weighted by molar-refractivity contribution is 0.0980. The van der Waals surface area contributed by atoms with Gasteiger partial charge in [-0.25, -0.2) is 0 Å². The van der Waals surface area contributed by atoms with E-state index < -0.39 is 0 Å². The highest BCUT2D eigenvalue weighted by Crippen LogP contribution is 2.21. The first-order valence-electron chi connectivity index (χ1n) is 4.73. The van der Waals surface area contributed by atoms with E-state index in [1.807, 2.05) is 6.08 Å². The predicted octanol–water partition coefficient (Wildman–Crippen LogP) is 4.64. The van der Waals surface area contributed by atoms with Crippen molar-refractivity contribution in [1.82, 2.24) is 0 Å². The second-order valence-corrected chi connectivity index (χ2v) is 4.61. The third-order valence-corrected chi connectivity index (χ3v) is 2.67. The molecule has 0 saturated carbocycles. The number of benzene rings is 1. The number of rotatable bonds is 5. The molecule has 0 fully saturated rings. The molecule has 0 amide bonds. The molecule has 0 aliphatic rings. The molecule has 0 heterocycles. The van der Waals surface area contributed by atoms with E-state index >= 15 is 0 Å². The van der Waals surface area contributed by atoms with E-state index in [1.54, 1.807) is 18.2 Å². The second kappa shape index (κ2) is 6.09. The van der Waals surface area contributed by atoms with Crippen LogP contribution in [0, 0.1) is 0 Å². The summed E-state index contributed by atoms with van der Waals surface area (Å²) in [7, 11) is 0. The third-order valence-electron chi connectivity index (χ3n) is 2.00. The highest BCUT2D eigenvalue weighted by atomic mass is 79.9. The Bertz CT molecular complexity index is 354. The Kier molecular flexibility index (Phi) is 5.06. The van der Waals surface area contributed by atoms with Crippen LogP contribution < -0.4 is 0 Å². The van der Waals surface area contributed by atoms with Gasteiger partial charge >= 0.3 is 0 Å². The fourth-order valence-electron chi connectivity index (χ4n) is 1.27. The average Bonchev–Trinajstić information content (AvgIpc) is 2.16. The number of hydrogen-bond acceptors (Lipinski definition) is 1. The molecule has 0 unspecified atom stereocenters. The number of Topliss-reactive ketones (excluding diaryl/α,β-unsaturated/α-hetero) is 1. The van der Waals surface area contributed by atoms with Crippen molar-refractivity contribution >= 4 is 33.3 Å². The SMILES string of the molecule is C=CCCCC(=O)c1cc(Cl)cc(Br)c1. The standard InChI is InChI=1S/C12H12BrClO/c1-2-3-4-5-12(15)9-6-10(13)8-11(14)7-9/h2,6-8H,1,3-5H2. The van der Waals surface area contributed by atoms with Gasteiger partial charge in [0.2, 0.25) is 0 Å². The molecule has 0 aromatic heterocycles. The van der Waals surface area contributed by atoms with Crippen LogP contribution in [-0.2, 0) is 0 Å². The molecule has 0 radical (unpaired) electrons. The zero-order valence-corrected chi connectivity index (χ0v) is 10.6. The highest BCUT2D eigenvalue weighted by molar-refractivity contribution is 9.10. The lowest BCUT2D eigenvalue weighted by Crippen LogP contribution is -1.98. The fraction of sp³-hybridized carbons (Fsp3) is 0.250. The minimum Gasteiger partial charge on any atom is -0.294 e. The van der Waals surface area contributed by atoms with Crippen molar-refractivity contribution in [2.24, 2.45) is 0 Å². The third kappa shape index (κ3) is 4.18. The normalized spacial score (nSPS) is 10.0. The van der Waals surface area contributed by atoms with Crippen LogP contribution in [0.3, 0.4) is 0 Å². The summed E-state index contributed by atoms with van der Waals surface area (Å²) in [5.74, 6) is 0.125. The van der Waals surface area contributed by atoms with Crippen LogP contribution in [0.15, 0.2) is 35.3 Å². The first-order valence-corrected chi connectivity index (χ1v) is 5.91. The van der Waals surface area contributed by atoms with E-state index in [0.29, 0.717) is 17.0 Å². The number of halogens is 2. The van der Waals surface area contributed by atoms with Crippen LogP contribution in [-0.4, -0.2) is 5.78 Å². The van der Waals surface area contributed by atoms with Gasteiger partial charge in [-0.3, -0.25) is 4.79 Å². The van der Waals surface area contributed by atoms with Gasteiger partial charge in [0.25, 0.3) is 0 Å². The van der Waals surface area contributed by atoms with Crippen molar-refractivity contribution in [2.75, 3.05) is 0 Å². The molecule has 0 N–H and O–H groups in total. The van der Waals surface area contributed by atoms with Gasteiger partial charge in [-0.15, -0.1) is 6.58 Å². The molecule has 1 rings (SSSR count). The minimum atomic E-state index is 0.125. The van der Waals surface area contributed by atoms with Gasteiger partial charge in [-0.05, 0) is 31.0 Å². The summed E-state index contributed by atoms with van der Waals surface area (Å²) in [4.78, 5) is 11.7. The molecule has 0 aliphatic heterocycles. The average molecular weight is 288 g/mol. The van der Waals surface area contributed by atoms with Crippen LogP contribution in [0.25, 0.3) is 0 Å². The predicted molar refractivity (Wildman–Crippen MR) is 67.5 cm³/mol. The number of unbranched alkanes of at least 4 members (excludes halogenated alkanes) is 1. The molecule has 80 valence electrons. The van der Waals surface area contributed by atoms with Crippen molar-refractivity contribution < 1.29 is 4.79 Å². The number of carbonyl (C=O) groups is 1. The maximum absolute atomic E-state index is 11.7. The summed E-state index contributed by atoms with van der Waals surface area (Å²) < 4.78 is 0.835. The quantitative estimate of drug-likeness (QED) is 0.438. The number of carbonyl (C=O) groups excluding carboxylic acids is 1. The van der Waals surface area contributed by atoms with Crippen LogP contribution in [0.4, 0.5) is 0 Å². The molecule has 0 saturated heterocycles. The summed E-state index contributed by atoms with van der Waals surface area (Å²) >= 11 is 9.17. The van der Waals surface area contributed by atoms with E-state index in [9.17, 15) is 4.79 Å². The molecule has 1 nitrogen and oxygen atoms in total. The first-order chi connectivity index (χ1) is 7.13. The van der Waals surface area contributed by atoms with Gasteiger partial charge in [0.05, 0.1) is 0 Å². The second-order valence-electron chi connectivity index (χ2n) is 3.26. The largest absolute Gasteiger partial charge is 0.294 e. The molecule has 15 heavy (non-hydrogen) atoms. The van der Waals surface area contributed by atoms with E-state index in [2.05, 4.69) is 22.5 Å². The Morgan fingerprint density at radius 2 is 2.20 bits per heavy atom. The van der Waals surface area contributed by atoms with E-state index in [4.69, 9.17) is 11.6 Å². The van der Waals surface area contributed by atoms with Crippen molar-refractivity contribution in [2.45, 2.75) is 19.3 Å². The summed E-state index contributed by atoms with van der Waals surface area (Å²) in [6.07, 6.45) is 4.07. The maximum Gasteiger partial charge on any atom is 0.162 e. The van der Waals surface area contributed by atoms with Gasteiger partial charge in [0, 0.05) is 21.5 Å². The lowest BCUT2D eigenvalue weighted by Gasteiger charge is -2.01. The van der Waals surface area contributed by atoms with Gasteiger partial charge in [0.1, 0.15) is 0 Å². The summed E-state index contributed by atoms with van der Waals surface area (Å²) in [6, 6.07) is 5.26. The Labute approximate surface area is 103 Å². The van der Waals surface area contributed by atoms with Crippen molar-refractivity contribution in [1.29, 1.82) is 0 Å². The molecular weight excluding hydrogens is 275 g/mol. The van der Waals surface area contributed by atoms with Gasteiger partial charge in [-0.1, -0.05) is 33.6 Å². The maximum atomic E-state index is 11.7. The molecule has 0 atom stereocenters. The molecule has 0 bridgehead atoms. The zero-order chi connectivity index (χ0) is 11.3. The van der Waals surface area contributed by atoms with E-state index in [0.717, 1.165) is 17.3 Å². The smallest absolute Gasteiger partial charge is 0.162 e. The topological polar surface area (TPSA) is 17.1 Å². The van der Waals surface area contributed by atoms with Crippen molar-refractivity contribution in [3.63, 3.8) is 0 Å². The molecular formula is C12H12BrClO. The number of allylic oxidation sites excluding steroid dienone is 1. The van der Waals surface area contributed by atoms with Crippen LogP contribution >= 0.6 is 27.5 Å². The Morgan fingerprint density at radius 3 is 2.80 bits per heavy atom. The zero-order valence-electron chi connectivity index (χ0n) is 8.30. The Balaban J connectivity index is 2.69. The van der Waals surface area contributed by atoms with Crippen LogP contribution in [0.2, 0.25) is 5.02 Å². The molecule has 1 aromatic rings. The number of hydrogen-bond donors (Lipinski definition) is 0. The van der Waals surface area contributed by atoms with Crippen LogP contribution in [0.5, 0.6) is 0 Å². The summed E-state index contributed by atoms with van der Waals surface area (Å²) in [6.45, 7) is 3.62. The summed E-state index contributed by atoms with van der Waals surface area (Å²) in [5, 5.41) is 0.580. The molecule has 0 spiro atoms. The monoisotopic (exact) mass is 286 g/mol. The number of ketones is 1. The van der Waals surface area contributed by atoms with Gasteiger partial charge in [0.15, 0.2) is 5.78 Å². The highest BCUT2D eigenvalue weighted by Gasteiger charge is 2.06. The van der Waals surface area contributed by atoms with Gasteiger partial charge in [-0.2, -0.15) is 0 Å². The van der Waals surface area contributed by atoms with Gasteiger partial charge < -0.3 is 0 Å². The minimum absolute atomic E-state index is 0.125. The van der Waals surface area contributed by atoms with Crippen molar-refractivity contribution in [3.05, 3.63) is 45.9 Å². The Hall–Kier alpha value is -0.600. The molecule has 0 aliphatic carbocycles. The Morgan fingerprint density at radius 1 is 1.47 bits per heavy atom. The summed E-state index contributed by atoms with van der Waals surface area (Å²) in [5.41, 5.74) is 0.665. The fourth-order valence-corrected chi connectivity index (χ4v) is 2.13. The first kappa shape index (κ1) is 12.5.